The number of hydrogen-bond acceptors (Lipinski definition) is 4. The molecule has 4 rings (SSSR count). The van der Waals surface area contributed by atoms with Gasteiger partial charge in [-0.1, -0.05) is 60.7 Å². The maximum absolute atomic E-state index is 12.7. The zero-order valence-electron chi connectivity index (χ0n) is 17.1. The standard InChI is InChI=1S/C25H28N2O3/c28-25(14-12-22-11-13-24(30-22)21-9-5-2-6-10-21)26-23(20-7-3-1-4-8-20)19-27-15-17-29-18-16-27/h1-11,13,23H,12,14-19H2,(H,26,28). The molecule has 0 radical (unpaired) electrons. The second kappa shape index (κ2) is 10.2. The smallest absolute Gasteiger partial charge is 0.220 e. The first kappa shape index (κ1) is 20.4. The molecule has 1 N–H and O–H groups in total. The van der Waals surface area contributed by atoms with Crippen LogP contribution in [0.25, 0.3) is 11.3 Å². The van der Waals surface area contributed by atoms with Crippen molar-refractivity contribution in [1.82, 2.24) is 10.2 Å². The Labute approximate surface area is 177 Å². The molecule has 0 spiro atoms. The highest BCUT2D eigenvalue weighted by molar-refractivity contribution is 5.76. The summed E-state index contributed by atoms with van der Waals surface area (Å²) in [5.41, 5.74) is 2.17. The van der Waals surface area contributed by atoms with Gasteiger partial charge in [-0.15, -0.1) is 0 Å². The van der Waals surface area contributed by atoms with Crippen LogP contribution in [0, 0.1) is 0 Å². The summed E-state index contributed by atoms with van der Waals surface area (Å²) in [7, 11) is 0. The Bertz CT molecular complexity index is 918. The third kappa shape index (κ3) is 5.59. The van der Waals surface area contributed by atoms with E-state index in [2.05, 4.69) is 22.3 Å². The molecule has 2 heterocycles. The van der Waals surface area contributed by atoms with Crippen molar-refractivity contribution in [2.24, 2.45) is 0 Å². The number of morpholine rings is 1. The van der Waals surface area contributed by atoms with Crippen LogP contribution in [-0.4, -0.2) is 43.7 Å². The highest BCUT2D eigenvalue weighted by Crippen LogP contribution is 2.22. The van der Waals surface area contributed by atoms with Crippen molar-refractivity contribution in [3.8, 4) is 11.3 Å². The topological polar surface area (TPSA) is 54.7 Å². The molecule has 1 aromatic heterocycles. The molecule has 1 aliphatic heterocycles. The van der Waals surface area contributed by atoms with Crippen LogP contribution in [0.3, 0.4) is 0 Å². The zero-order chi connectivity index (χ0) is 20.6. The monoisotopic (exact) mass is 404 g/mol. The molecule has 2 aromatic carbocycles. The van der Waals surface area contributed by atoms with E-state index in [1.54, 1.807) is 0 Å². The Morgan fingerprint density at radius 3 is 2.37 bits per heavy atom. The average molecular weight is 405 g/mol. The van der Waals surface area contributed by atoms with Crippen LogP contribution in [0.5, 0.6) is 0 Å². The van der Waals surface area contributed by atoms with Gasteiger partial charge in [0.2, 0.25) is 5.91 Å². The van der Waals surface area contributed by atoms with Crippen LogP contribution in [0.1, 0.15) is 23.8 Å². The minimum Gasteiger partial charge on any atom is -0.461 e. The number of furan rings is 1. The van der Waals surface area contributed by atoms with Crippen LogP contribution in [0.2, 0.25) is 0 Å². The van der Waals surface area contributed by atoms with Crippen molar-refractivity contribution < 1.29 is 13.9 Å². The van der Waals surface area contributed by atoms with Crippen molar-refractivity contribution in [3.63, 3.8) is 0 Å². The number of carbonyl (C=O) groups is 1. The molecule has 1 atom stereocenters. The van der Waals surface area contributed by atoms with Crippen molar-refractivity contribution in [1.29, 1.82) is 0 Å². The Hall–Kier alpha value is -2.89. The van der Waals surface area contributed by atoms with E-state index in [-0.39, 0.29) is 11.9 Å². The minimum atomic E-state index is -0.0340. The van der Waals surface area contributed by atoms with Crippen LogP contribution in [0.4, 0.5) is 0 Å². The summed E-state index contributed by atoms with van der Waals surface area (Å²) >= 11 is 0. The molecule has 3 aromatic rings. The lowest BCUT2D eigenvalue weighted by atomic mass is 10.1. The van der Waals surface area contributed by atoms with Gasteiger partial charge in [0.1, 0.15) is 11.5 Å². The fraction of sp³-hybridized carbons (Fsp3) is 0.320. The van der Waals surface area contributed by atoms with Crippen LogP contribution >= 0.6 is 0 Å². The number of nitrogens with zero attached hydrogens (tertiary/aromatic N) is 1. The summed E-state index contributed by atoms with van der Waals surface area (Å²) in [5.74, 6) is 1.70. The third-order valence-corrected chi connectivity index (χ3v) is 5.40. The molecule has 1 saturated heterocycles. The van der Waals surface area contributed by atoms with Crippen LogP contribution in [-0.2, 0) is 16.0 Å². The fourth-order valence-corrected chi connectivity index (χ4v) is 3.73. The van der Waals surface area contributed by atoms with E-state index in [4.69, 9.17) is 9.15 Å². The Balaban J connectivity index is 1.35. The highest BCUT2D eigenvalue weighted by atomic mass is 16.5. The maximum atomic E-state index is 12.7. The first-order valence-corrected chi connectivity index (χ1v) is 10.6. The lowest BCUT2D eigenvalue weighted by Crippen LogP contribution is -2.43. The van der Waals surface area contributed by atoms with Crippen molar-refractivity contribution >= 4 is 5.91 Å². The van der Waals surface area contributed by atoms with Gasteiger partial charge in [-0.2, -0.15) is 0 Å². The van der Waals surface area contributed by atoms with Crippen LogP contribution < -0.4 is 5.32 Å². The number of nitrogens with one attached hydrogen (secondary N) is 1. The van der Waals surface area contributed by atoms with Gasteiger partial charge in [-0.05, 0) is 17.7 Å². The maximum Gasteiger partial charge on any atom is 0.220 e. The SMILES string of the molecule is O=C(CCc1ccc(-c2ccccc2)o1)NC(CN1CCOCC1)c1ccccc1. The van der Waals surface area contributed by atoms with Crippen molar-refractivity contribution in [3.05, 3.63) is 84.1 Å². The summed E-state index contributed by atoms with van der Waals surface area (Å²) in [4.78, 5) is 15.1. The van der Waals surface area contributed by atoms with Crippen LogP contribution in [0.15, 0.2) is 77.2 Å². The molecule has 0 saturated carbocycles. The second-order valence-corrected chi connectivity index (χ2v) is 7.58. The predicted molar refractivity (Wildman–Crippen MR) is 117 cm³/mol. The van der Waals surface area contributed by atoms with E-state index >= 15 is 0 Å². The number of carbonyl (C=O) groups excluding carboxylic acids is 1. The first-order chi connectivity index (χ1) is 14.8. The van der Waals surface area contributed by atoms with Gasteiger partial charge in [0.15, 0.2) is 0 Å². The number of ether oxygens (including phenoxy) is 1. The highest BCUT2D eigenvalue weighted by Gasteiger charge is 2.20. The molecule has 5 heteroatoms. The Kier molecular flexibility index (Phi) is 6.95. The van der Waals surface area contributed by atoms with Gasteiger partial charge in [-0.3, -0.25) is 9.69 Å². The quantitative estimate of drug-likeness (QED) is 0.615. The number of rotatable bonds is 8. The molecule has 5 nitrogen and oxygen atoms in total. The summed E-state index contributed by atoms with van der Waals surface area (Å²) < 4.78 is 11.4. The number of benzene rings is 2. The van der Waals surface area contributed by atoms with Gasteiger partial charge >= 0.3 is 0 Å². The molecule has 156 valence electrons. The third-order valence-electron chi connectivity index (χ3n) is 5.40. The first-order valence-electron chi connectivity index (χ1n) is 10.6. The summed E-state index contributed by atoms with van der Waals surface area (Å²) in [6.45, 7) is 4.08. The van der Waals surface area contributed by atoms with E-state index in [0.29, 0.717) is 12.8 Å². The molecule has 30 heavy (non-hydrogen) atoms. The second-order valence-electron chi connectivity index (χ2n) is 7.58. The molecular weight excluding hydrogens is 376 g/mol. The van der Waals surface area contributed by atoms with Crippen molar-refractivity contribution in [2.75, 3.05) is 32.8 Å². The molecule has 1 amide bonds. The minimum absolute atomic E-state index is 0.0340. The molecule has 0 bridgehead atoms. The normalized spacial score (nSPS) is 15.6. The Morgan fingerprint density at radius 1 is 0.933 bits per heavy atom. The summed E-state index contributed by atoms with van der Waals surface area (Å²) in [6, 6.07) is 24.1. The summed E-state index contributed by atoms with van der Waals surface area (Å²) in [6.07, 6.45) is 0.978. The zero-order valence-corrected chi connectivity index (χ0v) is 17.1. The lowest BCUT2D eigenvalue weighted by Gasteiger charge is -2.31. The van der Waals surface area contributed by atoms with Gasteiger partial charge in [0, 0.05) is 38.0 Å². The number of aryl methyl sites for hydroxylation is 1. The van der Waals surface area contributed by atoms with Gasteiger partial charge in [0.25, 0.3) is 0 Å². The lowest BCUT2D eigenvalue weighted by molar-refractivity contribution is -0.122. The Morgan fingerprint density at radius 2 is 1.63 bits per heavy atom. The molecule has 0 aliphatic carbocycles. The van der Waals surface area contributed by atoms with Gasteiger partial charge in [0.05, 0.1) is 19.3 Å². The molecule has 1 unspecified atom stereocenters. The molecule has 1 fully saturated rings. The summed E-state index contributed by atoms with van der Waals surface area (Å²) in [5, 5.41) is 3.23. The van der Waals surface area contributed by atoms with E-state index < -0.39 is 0 Å². The largest absolute Gasteiger partial charge is 0.461 e. The average Bonchev–Trinajstić information content (AvgIpc) is 3.28. The van der Waals surface area contributed by atoms with E-state index in [9.17, 15) is 4.79 Å². The fourth-order valence-electron chi connectivity index (χ4n) is 3.73. The van der Waals surface area contributed by atoms with Gasteiger partial charge in [-0.25, -0.2) is 0 Å². The van der Waals surface area contributed by atoms with E-state index in [0.717, 1.165) is 55.5 Å². The van der Waals surface area contributed by atoms with E-state index in [1.165, 1.54) is 0 Å². The van der Waals surface area contributed by atoms with E-state index in [1.807, 2.05) is 60.7 Å². The molecular formula is C25H28N2O3. The number of amides is 1. The van der Waals surface area contributed by atoms with Gasteiger partial charge < -0.3 is 14.5 Å². The predicted octanol–water partition coefficient (Wildman–Crippen LogP) is 4.07. The molecule has 1 aliphatic rings. The number of hydrogen-bond donors (Lipinski definition) is 1. The van der Waals surface area contributed by atoms with Crippen molar-refractivity contribution in [2.45, 2.75) is 18.9 Å².